The van der Waals surface area contributed by atoms with Gasteiger partial charge in [-0.15, -0.1) is 0 Å². The lowest BCUT2D eigenvalue weighted by molar-refractivity contribution is 0.108. The smallest absolute Gasteiger partial charge is 0.253 e. The van der Waals surface area contributed by atoms with Gasteiger partial charge in [0.25, 0.3) is 5.24 Å². The van der Waals surface area contributed by atoms with E-state index in [2.05, 4.69) is 37.9 Å². The fraction of sp³-hybridized carbons (Fsp3) is 0.200. The lowest BCUT2D eigenvalue weighted by Gasteiger charge is -2.19. The van der Waals surface area contributed by atoms with Gasteiger partial charge in [0.15, 0.2) is 0 Å². The zero-order valence-corrected chi connectivity index (χ0v) is 15.2. The van der Waals surface area contributed by atoms with E-state index in [4.69, 9.17) is 23.2 Å². The van der Waals surface area contributed by atoms with E-state index in [1.54, 1.807) is 24.3 Å². The monoisotopic (exact) mass is 357 g/mol. The molecule has 3 rings (SSSR count). The van der Waals surface area contributed by atoms with E-state index in [9.17, 15) is 4.79 Å². The summed E-state index contributed by atoms with van der Waals surface area (Å²) in [5.41, 5.74) is 3.91. The molecule has 0 unspecified atom stereocenters. The molecular weight excluding hydrogens is 341 g/mol. The number of aromatic nitrogens is 1. The molecule has 24 heavy (non-hydrogen) atoms. The van der Waals surface area contributed by atoms with E-state index in [1.807, 2.05) is 12.1 Å². The van der Waals surface area contributed by atoms with Crippen molar-refractivity contribution in [2.24, 2.45) is 0 Å². The van der Waals surface area contributed by atoms with E-state index in [0.717, 1.165) is 5.56 Å². The molecule has 0 fully saturated rings. The number of pyridine rings is 1. The van der Waals surface area contributed by atoms with E-state index in [1.165, 1.54) is 5.56 Å². The fourth-order valence-corrected chi connectivity index (χ4v) is 3.04. The van der Waals surface area contributed by atoms with Crippen molar-refractivity contribution in [2.45, 2.75) is 26.2 Å². The normalized spacial score (nSPS) is 11.7. The minimum atomic E-state index is -0.516. The third-order valence-corrected chi connectivity index (χ3v) is 4.56. The lowest BCUT2D eigenvalue weighted by atomic mass is 9.86. The van der Waals surface area contributed by atoms with Crippen LogP contribution in [0.3, 0.4) is 0 Å². The van der Waals surface area contributed by atoms with Crippen LogP contribution in [-0.2, 0) is 5.41 Å². The van der Waals surface area contributed by atoms with Gasteiger partial charge in [0.1, 0.15) is 0 Å². The van der Waals surface area contributed by atoms with Gasteiger partial charge in [-0.2, -0.15) is 0 Å². The van der Waals surface area contributed by atoms with Gasteiger partial charge in [-0.05, 0) is 34.7 Å². The molecule has 0 saturated carbocycles. The molecule has 0 aliphatic carbocycles. The highest BCUT2D eigenvalue weighted by Crippen LogP contribution is 2.31. The largest absolute Gasteiger partial charge is 0.276 e. The van der Waals surface area contributed by atoms with Gasteiger partial charge in [-0.1, -0.05) is 68.8 Å². The summed E-state index contributed by atoms with van der Waals surface area (Å²) in [6, 6.07) is 15.2. The van der Waals surface area contributed by atoms with Gasteiger partial charge in [-0.25, -0.2) is 4.98 Å². The van der Waals surface area contributed by atoms with Crippen molar-refractivity contribution in [1.82, 2.24) is 4.98 Å². The Morgan fingerprint density at radius 2 is 1.71 bits per heavy atom. The first-order chi connectivity index (χ1) is 11.3. The molecule has 0 spiro atoms. The van der Waals surface area contributed by atoms with Gasteiger partial charge in [0, 0.05) is 16.5 Å². The molecule has 0 aliphatic heterocycles. The summed E-state index contributed by atoms with van der Waals surface area (Å²) in [5, 5.41) is 0.648. The molecule has 1 aromatic heterocycles. The lowest BCUT2D eigenvalue weighted by Crippen LogP contribution is -2.10. The maximum absolute atomic E-state index is 11.8. The molecule has 2 nitrogen and oxygen atoms in total. The SMILES string of the molecule is CC(C)(C)c1ccc(-c2cc(C(=O)Cl)c3cccc(Cl)c3n2)cc1. The number of rotatable bonds is 2. The molecule has 4 heteroatoms. The molecule has 0 radical (unpaired) electrons. The number of fused-ring (bicyclic) bond motifs is 1. The number of para-hydroxylation sites is 1. The Balaban J connectivity index is 2.20. The number of benzene rings is 2. The van der Waals surface area contributed by atoms with Crippen LogP contribution in [0.1, 0.15) is 36.7 Å². The summed E-state index contributed by atoms with van der Waals surface area (Å²) in [7, 11) is 0. The molecule has 0 saturated heterocycles. The van der Waals surface area contributed by atoms with Crippen molar-refractivity contribution >= 4 is 39.3 Å². The summed E-state index contributed by atoms with van der Waals surface area (Å²) in [4.78, 5) is 16.5. The third kappa shape index (κ3) is 3.17. The zero-order valence-electron chi connectivity index (χ0n) is 13.7. The number of hydrogen-bond acceptors (Lipinski definition) is 2. The Hall–Kier alpha value is -1.90. The van der Waals surface area contributed by atoms with Crippen molar-refractivity contribution in [3.8, 4) is 11.3 Å². The summed E-state index contributed by atoms with van der Waals surface area (Å²) in [6.07, 6.45) is 0. The van der Waals surface area contributed by atoms with Crippen molar-refractivity contribution in [2.75, 3.05) is 0 Å². The topological polar surface area (TPSA) is 30.0 Å². The standard InChI is InChI=1S/C20H17Cl2NO/c1-20(2,3)13-9-7-12(8-10-13)17-11-15(19(22)24)14-5-4-6-16(21)18(14)23-17/h4-11H,1-3H3. The first-order valence-corrected chi connectivity index (χ1v) is 8.43. The van der Waals surface area contributed by atoms with Crippen molar-refractivity contribution < 1.29 is 4.79 Å². The van der Waals surface area contributed by atoms with E-state index < -0.39 is 5.24 Å². The molecule has 0 bridgehead atoms. The quantitative estimate of drug-likeness (QED) is 0.508. The third-order valence-electron chi connectivity index (χ3n) is 4.05. The van der Waals surface area contributed by atoms with Crippen LogP contribution in [0, 0.1) is 0 Å². The number of carbonyl (C=O) groups is 1. The average molecular weight is 358 g/mol. The molecule has 0 aliphatic rings. The number of carbonyl (C=O) groups excluding carboxylic acids is 1. The molecule has 1 heterocycles. The fourth-order valence-electron chi connectivity index (χ4n) is 2.66. The Bertz CT molecular complexity index is 925. The molecule has 0 N–H and O–H groups in total. The maximum Gasteiger partial charge on any atom is 0.253 e. The highest BCUT2D eigenvalue weighted by molar-refractivity contribution is 6.68. The van der Waals surface area contributed by atoms with Crippen molar-refractivity contribution in [3.63, 3.8) is 0 Å². The van der Waals surface area contributed by atoms with Crippen LogP contribution in [-0.4, -0.2) is 10.2 Å². The Kier molecular flexibility index (Phi) is 4.37. The second-order valence-electron chi connectivity index (χ2n) is 6.79. The second-order valence-corrected chi connectivity index (χ2v) is 7.54. The van der Waals surface area contributed by atoms with Crippen LogP contribution >= 0.6 is 23.2 Å². The summed E-state index contributed by atoms with van der Waals surface area (Å²) < 4.78 is 0. The van der Waals surface area contributed by atoms with Gasteiger partial charge in [-0.3, -0.25) is 4.79 Å². The summed E-state index contributed by atoms with van der Waals surface area (Å²) in [5.74, 6) is 0. The molecule has 122 valence electrons. The predicted molar refractivity (Wildman–Crippen MR) is 101 cm³/mol. The Labute approximate surface area is 151 Å². The first-order valence-electron chi connectivity index (χ1n) is 7.67. The van der Waals surface area contributed by atoms with E-state index in [-0.39, 0.29) is 5.41 Å². The molecule has 0 amide bonds. The minimum absolute atomic E-state index is 0.0793. The van der Waals surface area contributed by atoms with Crippen LogP contribution in [0.15, 0.2) is 48.5 Å². The van der Waals surface area contributed by atoms with Crippen LogP contribution in [0.5, 0.6) is 0 Å². The molecule has 3 aromatic rings. The zero-order chi connectivity index (χ0) is 17.5. The Morgan fingerprint density at radius 1 is 1.04 bits per heavy atom. The van der Waals surface area contributed by atoms with Crippen molar-refractivity contribution in [1.29, 1.82) is 0 Å². The highest BCUT2D eigenvalue weighted by atomic mass is 35.5. The second kappa shape index (κ2) is 6.19. The predicted octanol–water partition coefficient (Wildman–Crippen LogP) is 6.23. The average Bonchev–Trinajstić information content (AvgIpc) is 2.53. The maximum atomic E-state index is 11.8. The van der Waals surface area contributed by atoms with Crippen LogP contribution < -0.4 is 0 Å². The molecule has 2 aromatic carbocycles. The molecule has 0 atom stereocenters. The van der Waals surface area contributed by atoms with Crippen LogP contribution in [0.4, 0.5) is 0 Å². The van der Waals surface area contributed by atoms with Gasteiger partial charge >= 0.3 is 0 Å². The number of nitrogens with zero attached hydrogens (tertiary/aromatic N) is 1. The van der Waals surface area contributed by atoms with E-state index >= 15 is 0 Å². The highest BCUT2D eigenvalue weighted by Gasteiger charge is 2.16. The summed E-state index contributed by atoms with van der Waals surface area (Å²) >= 11 is 12.0. The van der Waals surface area contributed by atoms with Crippen molar-refractivity contribution in [3.05, 3.63) is 64.7 Å². The summed E-state index contributed by atoms with van der Waals surface area (Å²) in [6.45, 7) is 6.50. The van der Waals surface area contributed by atoms with Gasteiger partial charge in [0.05, 0.1) is 16.2 Å². The number of halogens is 2. The van der Waals surface area contributed by atoms with Gasteiger partial charge < -0.3 is 0 Å². The Morgan fingerprint density at radius 3 is 2.29 bits per heavy atom. The van der Waals surface area contributed by atoms with Crippen LogP contribution in [0.25, 0.3) is 22.2 Å². The minimum Gasteiger partial charge on any atom is -0.276 e. The van der Waals surface area contributed by atoms with E-state index in [0.29, 0.717) is 27.2 Å². The molecular formula is C20H17Cl2NO. The number of hydrogen-bond donors (Lipinski definition) is 0. The van der Waals surface area contributed by atoms with Crippen LogP contribution in [0.2, 0.25) is 5.02 Å². The van der Waals surface area contributed by atoms with Gasteiger partial charge in [0.2, 0.25) is 0 Å². The first kappa shape index (κ1) is 16.9.